The summed E-state index contributed by atoms with van der Waals surface area (Å²) in [5.41, 5.74) is 6.63. The fourth-order valence-electron chi connectivity index (χ4n) is 1.13. The molecule has 3 N–H and O–H groups in total. The Hall–Kier alpha value is -0.870. The fourth-order valence-corrected chi connectivity index (χ4v) is 1.39. The number of aliphatic carboxylic acids is 1. The summed E-state index contributed by atoms with van der Waals surface area (Å²) < 4.78 is 0.955. The molecular formula is C10H12BrNO2. The van der Waals surface area contributed by atoms with E-state index in [1.807, 2.05) is 24.3 Å². The van der Waals surface area contributed by atoms with Crippen LogP contribution in [-0.2, 0) is 4.79 Å². The van der Waals surface area contributed by atoms with Gasteiger partial charge in [-0.1, -0.05) is 35.0 Å². The highest BCUT2D eigenvalue weighted by atomic mass is 79.9. The molecule has 14 heavy (non-hydrogen) atoms. The van der Waals surface area contributed by atoms with Crippen molar-refractivity contribution in [3.63, 3.8) is 0 Å². The van der Waals surface area contributed by atoms with Crippen molar-refractivity contribution >= 4 is 21.9 Å². The summed E-state index contributed by atoms with van der Waals surface area (Å²) in [4.78, 5) is 10.7. The summed E-state index contributed by atoms with van der Waals surface area (Å²) in [7, 11) is 0. The summed E-state index contributed by atoms with van der Waals surface area (Å²) in [6.07, 6.45) is 0. The summed E-state index contributed by atoms with van der Waals surface area (Å²) in [5, 5.41) is 8.78. The van der Waals surface area contributed by atoms with Crippen LogP contribution in [0.1, 0.15) is 18.5 Å². The molecule has 0 fully saturated rings. The van der Waals surface area contributed by atoms with Gasteiger partial charge in [0.1, 0.15) is 0 Å². The van der Waals surface area contributed by atoms with E-state index in [-0.39, 0.29) is 0 Å². The lowest BCUT2D eigenvalue weighted by Gasteiger charge is -2.16. The number of hydrogen-bond acceptors (Lipinski definition) is 2. The largest absolute Gasteiger partial charge is 0.481 e. The standard InChI is InChI=1S/C10H12BrNO2/c1-6(10(13)14)9(12)7-2-4-8(11)5-3-7/h2-6,9H,12H2,1H3,(H,13,14)/t6-,9+/m0/s1. The van der Waals surface area contributed by atoms with Gasteiger partial charge < -0.3 is 10.8 Å². The van der Waals surface area contributed by atoms with E-state index in [1.165, 1.54) is 0 Å². The predicted octanol–water partition coefficient (Wildman–Crippen LogP) is 2.17. The molecule has 0 radical (unpaired) electrons. The van der Waals surface area contributed by atoms with Crippen molar-refractivity contribution in [2.75, 3.05) is 0 Å². The second-order valence-electron chi connectivity index (χ2n) is 3.20. The first-order chi connectivity index (χ1) is 6.52. The molecule has 0 amide bonds. The van der Waals surface area contributed by atoms with Crippen LogP contribution in [-0.4, -0.2) is 11.1 Å². The predicted molar refractivity (Wildman–Crippen MR) is 57.9 cm³/mol. The van der Waals surface area contributed by atoms with Crippen LogP contribution in [0.15, 0.2) is 28.7 Å². The Morgan fingerprint density at radius 1 is 1.43 bits per heavy atom. The van der Waals surface area contributed by atoms with Crippen LogP contribution >= 0.6 is 15.9 Å². The van der Waals surface area contributed by atoms with Gasteiger partial charge in [0.05, 0.1) is 5.92 Å². The van der Waals surface area contributed by atoms with Crippen molar-refractivity contribution < 1.29 is 9.90 Å². The number of nitrogens with two attached hydrogens (primary N) is 1. The van der Waals surface area contributed by atoms with Gasteiger partial charge in [-0.25, -0.2) is 0 Å². The Balaban J connectivity index is 2.84. The first-order valence-corrected chi connectivity index (χ1v) is 5.05. The van der Waals surface area contributed by atoms with Crippen LogP contribution in [0.3, 0.4) is 0 Å². The highest BCUT2D eigenvalue weighted by Crippen LogP contribution is 2.21. The third-order valence-corrected chi connectivity index (χ3v) is 2.71. The zero-order chi connectivity index (χ0) is 10.7. The molecule has 0 heterocycles. The van der Waals surface area contributed by atoms with Gasteiger partial charge in [0, 0.05) is 10.5 Å². The highest BCUT2D eigenvalue weighted by Gasteiger charge is 2.20. The van der Waals surface area contributed by atoms with Gasteiger partial charge in [0.15, 0.2) is 0 Å². The molecule has 0 aliphatic heterocycles. The molecule has 0 aromatic heterocycles. The molecule has 3 nitrogen and oxygen atoms in total. The van der Waals surface area contributed by atoms with Crippen LogP contribution in [0.25, 0.3) is 0 Å². The van der Waals surface area contributed by atoms with Gasteiger partial charge in [-0.3, -0.25) is 4.79 Å². The topological polar surface area (TPSA) is 63.3 Å². The Morgan fingerprint density at radius 2 is 1.93 bits per heavy atom. The van der Waals surface area contributed by atoms with E-state index in [0.717, 1.165) is 10.0 Å². The van der Waals surface area contributed by atoms with Gasteiger partial charge in [0.2, 0.25) is 0 Å². The first-order valence-electron chi connectivity index (χ1n) is 4.26. The molecule has 76 valence electrons. The molecule has 0 saturated heterocycles. The van der Waals surface area contributed by atoms with Crippen molar-refractivity contribution in [2.45, 2.75) is 13.0 Å². The number of carboxylic acids is 1. The number of hydrogen-bond donors (Lipinski definition) is 2. The number of rotatable bonds is 3. The summed E-state index contributed by atoms with van der Waals surface area (Å²) >= 11 is 3.30. The SMILES string of the molecule is C[C@H](C(=O)O)[C@@H](N)c1ccc(Br)cc1. The molecule has 0 aliphatic rings. The quantitative estimate of drug-likeness (QED) is 0.873. The fraction of sp³-hybridized carbons (Fsp3) is 0.300. The molecule has 0 bridgehead atoms. The summed E-state index contributed by atoms with van der Waals surface area (Å²) in [5.74, 6) is -1.45. The number of benzene rings is 1. The van der Waals surface area contributed by atoms with Gasteiger partial charge in [0.25, 0.3) is 0 Å². The van der Waals surface area contributed by atoms with Gasteiger partial charge in [-0.2, -0.15) is 0 Å². The number of carboxylic acid groups (broad SMARTS) is 1. The van der Waals surface area contributed by atoms with Crippen LogP contribution in [0.5, 0.6) is 0 Å². The van der Waals surface area contributed by atoms with E-state index in [4.69, 9.17) is 10.8 Å². The van der Waals surface area contributed by atoms with Gasteiger partial charge >= 0.3 is 5.97 Å². The summed E-state index contributed by atoms with van der Waals surface area (Å²) in [6.45, 7) is 1.61. The molecule has 0 saturated carbocycles. The van der Waals surface area contributed by atoms with Crippen molar-refractivity contribution in [3.8, 4) is 0 Å². The maximum absolute atomic E-state index is 10.7. The zero-order valence-electron chi connectivity index (χ0n) is 7.77. The Bertz CT molecular complexity index is 323. The molecule has 0 unspecified atom stereocenters. The van der Waals surface area contributed by atoms with Crippen molar-refractivity contribution in [3.05, 3.63) is 34.3 Å². The number of carbonyl (C=O) groups is 1. The molecule has 1 aromatic carbocycles. The maximum Gasteiger partial charge on any atom is 0.308 e. The van der Waals surface area contributed by atoms with Crippen LogP contribution in [0, 0.1) is 5.92 Å². The molecule has 0 spiro atoms. The third kappa shape index (κ3) is 2.56. The Kier molecular flexibility index (Phi) is 3.66. The zero-order valence-corrected chi connectivity index (χ0v) is 9.36. The maximum atomic E-state index is 10.7. The van der Waals surface area contributed by atoms with Crippen molar-refractivity contribution in [1.29, 1.82) is 0 Å². The van der Waals surface area contributed by atoms with Gasteiger partial charge in [-0.05, 0) is 17.7 Å². The minimum atomic E-state index is -0.875. The lowest BCUT2D eigenvalue weighted by atomic mass is 9.96. The molecule has 1 rings (SSSR count). The highest BCUT2D eigenvalue weighted by molar-refractivity contribution is 9.10. The minimum Gasteiger partial charge on any atom is -0.481 e. The Morgan fingerprint density at radius 3 is 2.36 bits per heavy atom. The average Bonchev–Trinajstić information content (AvgIpc) is 2.16. The smallest absolute Gasteiger partial charge is 0.308 e. The van der Waals surface area contributed by atoms with Gasteiger partial charge in [-0.15, -0.1) is 0 Å². The van der Waals surface area contributed by atoms with Crippen LogP contribution in [0.4, 0.5) is 0 Å². The lowest BCUT2D eigenvalue weighted by molar-refractivity contribution is -0.141. The molecular weight excluding hydrogens is 246 g/mol. The monoisotopic (exact) mass is 257 g/mol. The van der Waals surface area contributed by atoms with Crippen molar-refractivity contribution in [2.24, 2.45) is 11.7 Å². The third-order valence-electron chi connectivity index (χ3n) is 2.18. The second-order valence-corrected chi connectivity index (χ2v) is 4.12. The van der Waals surface area contributed by atoms with E-state index >= 15 is 0 Å². The van der Waals surface area contributed by atoms with Crippen LogP contribution < -0.4 is 5.73 Å². The van der Waals surface area contributed by atoms with E-state index in [2.05, 4.69) is 15.9 Å². The number of halogens is 1. The lowest BCUT2D eigenvalue weighted by Crippen LogP contribution is -2.25. The minimum absolute atomic E-state index is 0.458. The normalized spacial score (nSPS) is 14.8. The second kappa shape index (κ2) is 4.57. The van der Waals surface area contributed by atoms with E-state index in [1.54, 1.807) is 6.92 Å². The molecule has 0 aliphatic carbocycles. The average molecular weight is 258 g/mol. The van der Waals surface area contributed by atoms with E-state index in [0.29, 0.717) is 0 Å². The first kappa shape index (κ1) is 11.2. The van der Waals surface area contributed by atoms with Crippen molar-refractivity contribution in [1.82, 2.24) is 0 Å². The summed E-state index contributed by atoms with van der Waals surface area (Å²) in [6, 6.07) is 6.90. The van der Waals surface area contributed by atoms with E-state index in [9.17, 15) is 4.79 Å². The molecule has 1 aromatic rings. The van der Waals surface area contributed by atoms with E-state index < -0.39 is 17.9 Å². The van der Waals surface area contributed by atoms with Crippen LogP contribution in [0.2, 0.25) is 0 Å². The Labute approximate surface area is 91.1 Å². The molecule has 4 heteroatoms. The molecule has 2 atom stereocenters.